The molecule has 0 saturated carbocycles. The van der Waals surface area contributed by atoms with E-state index in [1.807, 2.05) is 13.8 Å². The number of hydrogen-bond acceptors (Lipinski definition) is 4. The molecule has 0 heterocycles. The van der Waals surface area contributed by atoms with Gasteiger partial charge in [-0.3, -0.25) is 0 Å². The topological polar surface area (TPSA) is 66.0 Å². The second-order valence-electron chi connectivity index (χ2n) is 3.83. The van der Waals surface area contributed by atoms with Gasteiger partial charge in [0.15, 0.2) is 11.5 Å². The molecule has 1 aromatic rings. The summed E-state index contributed by atoms with van der Waals surface area (Å²) in [6.07, 6.45) is 0. The summed E-state index contributed by atoms with van der Waals surface area (Å²) >= 11 is 0. The number of benzene rings is 1. The fourth-order valence-electron chi connectivity index (χ4n) is 1.81. The highest BCUT2D eigenvalue weighted by Crippen LogP contribution is 2.38. The molecule has 0 aliphatic heterocycles. The number of methoxy groups -OCH3 is 2. The van der Waals surface area contributed by atoms with E-state index in [2.05, 4.69) is 12.1 Å². The molecular weight excluding hydrogens is 216 g/mol. The van der Waals surface area contributed by atoms with E-state index in [1.54, 1.807) is 6.07 Å². The standard InChI is InChI=1S/C13H14N2O2/c1-8(2)12-9(6-14)5-11(16-3)13(17-4)10(12)7-15/h5,8H,1-4H3. The monoisotopic (exact) mass is 230 g/mol. The van der Waals surface area contributed by atoms with Crippen LogP contribution in [0, 0.1) is 22.7 Å². The Balaban J connectivity index is 3.71. The Labute approximate surface area is 101 Å². The van der Waals surface area contributed by atoms with Crippen LogP contribution in [0.25, 0.3) is 0 Å². The molecule has 0 aliphatic rings. The molecule has 17 heavy (non-hydrogen) atoms. The van der Waals surface area contributed by atoms with Crippen LogP contribution in [0.4, 0.5) is 0 Å². The van der Waals surface area contributed by atoms with E-state index in [0.29, 0.717) is 28.2 Å². The maximum atomic E-state index is 9.22. The second kappa shape index (κ2) is 5.23. The third-order valence-electron chi connectivity index (χ3n) is 2.52. The van der Waals surface area contributed by atoms with Gasteiger partial charge in [0.1, 0.15) is 11.6 Å². The summed E-state index contributed by atoms with van der Waals surface area (Å²) in [4.78, 5) is 0. The van der Waals surface area contributed by atoms with Crippen LogP contribution in [0.1, 0.15) is 36.5 Å². The van der Waals surface area contributed by atoms with E-state index in [-0.39, 0.29) is 5.92 Å². The lowest BCUT2D eigenvalue weighted by atomic mass is 9.92. The van der Waals surface area contributed by atoms with Crippen LogP contribution in [0.5, 0.6) is 11.5 Å². The summed E-state index contributed by atoms with van der Waals surface area (Å²) < 4.78 is 10.3. The molecular formula is C13H14N2O2. The number of hydrogen-bond donors (Lipinski definition) is 0. The van der Waals surface area contributed by atoms with Gasteiger partial charge in [0, 0.05) is 6.07 Å². The number of nitriles is 2. The van der Waals surface area contributed by atoms with Gasteiger partial charge in [-0.2, -0.15) is 10.5 Å². The smallest absolute Gasteiger partial charge is 0.178 e. The maximum absolute atomic E-state index is 9.22. The van der Waals surface area contributed by atoms with E-state index >= 15 is 0 Å². The van der Waals surface area contributed by atoms with Gasteiger partial charge in [-0.25, -0.2) is 0 Å². The first kappa shape index (κ1) is 12.9. The third-order valence-corrected chi connectivity index (χ3v) is 2.52. The van der Waals surface area contributed by atoms with Crippen LogP contribution in [-0.4, -0.2) is 14.2 Å². The highest BCUT2D eigenvalue weighted by molar-refractivity contribution is 5.63. The molecule has 0 saturated heterocycles. The minimum absolute atomic E-state index is 0.0686. The maximum Gasteiger partial charge on any atom is 0.178 e. The van der Waals surface area contributed by atoms with Crippen LogP contribution in [0.2, 0.25) is 0 Å². The molecule has 0 spiro atoms. The Morgan fingerprint density at radius 2 is 1.76 bits per heavy atom. The van der Waals surface area contributed by atoms with Gasteiger partial charge in [0.2, 0.25) is 0 Å². The minimum Gasteiger partial charge on any atom is -0.493 e. The van der Waals surface area contributed by atoms with E-state index in [9.17, 15) is 5.26 Å². The van der Waals surface area contributed by atoms with Crippen molar-refractivity contribution < 1.29 is 9.47 Å². The SMILES string of the molecule is COc1cc(C#N)c(C(C)C)c(C#N)c1OC. The second-order valence-corrected chi connectivity index (χ2v) is 3.83. The van der Waals surface area contributed by atoms with Crippen LogP contribution in [0.3, 0.4) is 0 Å². The number of nitrogens with zero attached hydrogens (tertiary/aromatic N) is 2. The molecule has 4 heteroatoms. The molecule has 4 nitrogen and oxygen atoms in total. The Kier molecular flexibility index (Phi) is 3.96. The first-order valence-electron chi connectivity index (χ1n) is 5.19. The van der Waals surface area contributed by atoms with Gasteiger partial charge < -0.3 is 9.47 Å². The lowest BCUT2D eigenvalue weighted by Gasteiger charge is -2.16. The van der Waals surface area contributed by atoms with Crippen molar-refractivity contribution in [3.8, 4) is 23.6 Å². The van der Waals surface area contributed by atoms with Crippen molar-refractivity contribution in [3.05, 3.63) is 22.8 Å². The van der Waals surface area contributed by atoms with Gasteiger partial charge in [0.25, 0.3) is 0 Å². The number of rotatable bonds is 3. The summed E-state index contributed by atoms with van der Waals surface area (Å²) in [6, 6.07) is 5.79. The van der Waals surface area contributed by atoms with Gasteiger partial charge >= 0.3 is 0 Å². The normalized spacial score (nSPS) is 9.59. The zero-order chi connectivity index (χ0) is 13.0. The predicted octanol–water partition coefficient (Wildman–Crippen LogP) is 2.57. The molecule has 0 amide bonds. The summed E-state index contributed by atoms with van der Waals surface area (Å²) in [5.41, 5.74) is 1.53. The molecule has 0 atom stereocenters. The van der Waals surface area contributed by atoms with Crippen molar-refractivity contribution >= 4 is 0 Å². The van der Waals surface area contributed by atoms with Gasteiger partial charge in [-0.15, -0.1) is 0 Å². The first-order valence-corrected chi connectivity index (χ1v) is 5.19. The van der Waals surface area contributed by atoms with Crippen LogP contribution < -0.4 is 9.47 Å². The summed E-state index contributed by atoms with van der Waals surface area (Å²) in [6.45, 7) is 3.87. The molecule has 0 radical (unpaired) electrons. The zero-order valence-electron chi connectivity index (χ0n) is 10.4. The van der Waals surface area contributed by atoms with Crippen LogP contribution in [-0.2, 0) is 0 Å². The molecule has 88 valence electrons. The molecule has 0 bridgehead atoms. The lowest BCUT2D eigenvalue weighted by molar-refractivity contribution is 0.353. The average molecular weight is 230 g/mol. The highest BCUT2D eigenvalue weighted by atomic mass is 16.5. The molecule has 0 unspecified atom stereocenters. The molecule has 0 fully saturated rings. The lowest BCUT2D eigenvalue weighted by Crippen LogP contribution is -2.03. The van der Waals surface area contributed by atoms with E-state index in [4.69, 9.17) is 14.7 Å². The fourth-order valence-corrected chi connectivity index (χ4v) is 1.81. The largest absolute Gasteiger partial charge is 0.493 e. The minimum atomic E-state index is 0.0686. The summed E-state index contributed by atoms with van der Waals surface area (Å²) in [5, 5.41) is 18.3. The average Bonchev–Trinajstić information content (AvgIpc) is 2.35. The third kappa shape index (κ3) is 2.16. The van der Waals surface area contributed by atoms with Crippen LogP contribution in [0.15, 0.2) is 6.07 Å². The molecule has 1 rings (SSSR count). The van der Waals surface area contributed by atoms with E-state index < -0.39 is 0 Å². The van der Waals surface area contributed by atoms with Gasteiger partial charge in [-0.05, 0) is 11.5 Å². The number of ether oxygens (including phenoxy) is 2. The fraction of sp³-hybridized carbons (Fsp3) is 0.385. The highest BCUT2D eigenvalue weighted by Gasteiger charge is 2.21. The Morgan fingerprint density at radius 1 is 1.12 bits per heavy atom. The van der Waals surface area contributed by atoms with Crippen molar-refractivity contribution in [1.29, 1.82) is 10.5 Å². The van der Waals surface area contributed by atoms with Gasteiger partial charge in [0.05, 0.1) is 25.9 Å². The molecule has 0 aliphatic carbocycles. The molecule has 0 N–H and O–H groups in total. The van der Waals surface area contributed by atoms with E-state index in [0.717, 1.165) is 0 Å². The quantitative estimate of drug-likeness (QED) is 0.800. The Hall–Kier alpha value is -2.20. The van der Waals surface area contributed by atoms with Crippen molar-refractivity contribution in [3.63, 3.8) is 0 Å². The van der Waals surface area contributed by atoms with Crippen molar-refractivity contribution in [1.82, 2.24) is 0 Å². The Morgan fingerprint density at radius 3 is 2.12 bits per heavy atom. The first-order chi connectivity index (χ1) is 8.10. The van der Waals surface area contributed by atoms with Crippen molar-refractivity contribution in [2.24, 2.45) is 0 Å². The van der Waals surface area contributed by atoms with E-state index in [1.165, 1.54) is 14.2 Å². The molecule has 0 aromatic heterocycles. The van der Waals surface area contributed by atoms with Crippen LogP contribution >= 0.6 is 0 Å². The van der Waals surface area contributed by atoms with Crippen molar-refractivity contribution in [2.75, 3.05) is 14.2 Å². The molecule has 1 aromatic carbocycles. The zero-order valence-corrected chi connectivity index (χ0v) is 10.4. The summed E-state index contributed by atoms with van der Waals surface area (Å²) in [5.74, 6) is 0.863. The summed E-state index contributed by atoms with van der Waals surface area (Å²) in [7, 11) is 2.96. The Bertz CT molecular complexity index is 508. The predicted molar refractivity (Wildman–Crippen MR) is 63.1 cm³/mol. The van der Waals surface area contributed by atoms with Crippen molar-refractivity contribution in [2.45, 2.75) is 19.8 Å². The van der Waals surface area contributed by atoms with Gasteiger partial charge in [-0.1, -0.05) is 13.8 Å².